The molecule has 21 heavy (non-hydrogen) atoms. The summed E-state index contributed by atoms with van der Waals surface area (Å²) < 4.78 is 31.6. The fourth-order valence-corrected chi connectivity index (χ4v) is 3.61. The number of rotatable bonds is 6. The lowest BCUT2D eigenvalue weighted by molar-refractivity contribution is 0.377. The first-order valence-corrected chi connectivity index (χ1v) is 8.11. The van der Waals surface area contributed by atoms with E-state index in [9.17, 15) is 8.42 Å². The van der Waals surface area contributed by atoms with Crippen molar-refractivity contribution in [2.24, 2.45) is 5.73 Å². The van der Waals surface area contributed by atoms with Crippen molar-refractivity contribution in [2.75, 3.05) is 6.54 Å². The van der Waals surface area contributed by atoms with E-state index in [4.69, 9.17) is 33.5 Å². The van der Waals surface area contributed by atoms with Crippen molar-refractivity contribution >= 4 is 33.2 Å². The van der Waals surface area contributed by atoms with Gasteiger partial charge in [0.2, 0.25) is 15.9 Å². The van der Waals surface area contributed by atoms with Crippen LogP contribution in [0.5, 0.6) is 0 Å². The lowest BCUT2D eigenvalue weighted by atomic mass is 10.2. The molecule has 0 atom stereocenters. The van der Waals surface area contributed by atoms with Crippen LogP contribution < -0.4 is 10.5 Å². The van der Waals surface area contributed by atoms with Crippen molar-refractivity contribution in [3.8, 4) is 0 Å². The Balaban J connectivity index is 2.16. The standard InChI is InChI=1S/C11H12Cl2N4O3S/c12-8-1-2-9(11(13)7(8)5-14)21(18,19)17-4-3-10-15-6-16-20-10/h1-2,6,17H,3-5,14H2. The van der Waals surface area contributed by atoms with Crippen LogP contribution in [0.2, 0.25) is 10.0 Å². The van der Waals surface area contributed by atoms with Gasteiger partial charge < -0.3 is 10.3 Å². The van der Waals surface area contributed by atoms with Crippen LogP contribution in [0, 0.1) is 0 Å². The molecule has 0 unspecified atom stereocenters. The van der Waals surface area contributed by atoms with Crippen LogP contribution >= 0.6 is 23.2 Å². The first kappa shape index (κ1) is 16.2. The highest BCUT2D eigenvalue weighted by Crippen LogP contribution is 2.30. The fourth-order valence-electron chi connectivity index (χ4n) is 1.65. The Morgan fingerprint density at radius 2 is 2.10 bits per heavy atom. The molecule has 1 heterocycles. The molecule has 1 aromatic carbocycles. The molecule has 10 heteroatoms. The Hall–Kier alpha value is -1.19. The summed E-state index contributed by atoms with van der Waals surface area (Å²) in [6.07, 6.45) is 1.52. The normalized spacial score (nSPS) is 11.8. The smallest absolute Gasteiger partial charge is 0.242 e. The lowest BCUT2D eigenvalue weighted by Crippen LogP contribution is -2.26. The van der Waals surface area contributed by atoms with Gasteiger partial charge in [0.05, 0.1) is 5.02 Å². The molecule has 0 aliphatic carbocycles. The van der Waals surface area contributed by atoms with Gasteiger partial charge in [-0.15, -0.1) is 0 Å². The molecule has 0 radical (unpaired) electrons. The number of nitrogens with two attached hydrogens (primary N) is 1. The van der Waals surface area contributed by atoms with Gasteiger partial charge in [-0.25, -0.2) is 13.1 Å². The van der Waals surface area contributed by atoms with Gasteiger partial charge in [0, 0.05) is 30.1 Å². The maximum absolute atomic E-state index is 12.2. The van der Waals surface area contributed by atoms with E-state index in [-0.39, 0.29) is 29.4 Å². The molecule has 0 bridgehead atoms. The van der Waals surface area contributed by atoms with E-state index in [1.807, 2.05) is 0 Å². The highest BCUT2D eigenvalue weighted by molar-refractivity contribution is 7.89. The van der Waals surface area contributed by atoms with Crippen LogP contribution in [-0.4, -0.2) is 25.1 Å². The van der Waals surface area contributed by atoms with Gasteiger partial charge in [0.1, 0.15) is 4.90 Å². The van der Waals surface area contributed by atoms with Gasteiger partial charge >= 0.3 is 0 Å². The number of sulfonamides is 1. The zero-order valence-corrected chi connectivity index (χ0v) is 13.0. The molecule has 0 aliphatic rings. The Labute approximate surface area is 131 Å². The molecule has 0 saturated carbocycles. The second kappa shape index (κ2) is 6.71. The van der Waals surface area contributed by atoms with Crippen LogP contribution in [0.25, 0.3) is 0 Å². The minimum Gasteiger partial charge on any atom is -0.340 e. The van der Waals surface area contributed by atoms with Crippen LogP contribution in [0.4, 0.5) is 0 Å². The van der Waals surface area contributed by atoms with E-state index >= 15 is 0 Å². The van der Waals surface area contributed by atoms with Crippen molar-refractivity contribution in [3.05, 3.63) is 40.0 Å². The SMILES string of the molecule is NCc1c(Cl)ccc(S(=O)(=O)NCCc2ncno2)c1Cl. The Kier molecular flexibility index (Phi) is 5.17. The van der Waals surface area contributed by atoms with E-state index in [2.05, 4.69) is 14.9 Å². The maximum atomic E-state index is 12.2. The van der Waals surface area contributed by atoms with Gasteiger partial charge in [-0.2, -0.15) is 4.98 Å². The molecule has 2 rings (SSSR count). The summed E-state index contributed by atoms with van der Waals surface area (Å²) in [7, 11) is -3.78. The van der Waals surface area contributed by atoms with E-state index in [0.717, 1.165) is 0 Å². The monoisotopic (exact) mass is 350 g/mol. The minimum atomic E-state index is -3.78. The van der Waals surface area contributed by atoms with Crippen molar-refractivity contribution in [1.82, 2.24) is 14.9 Å². The molecule has 3 N–H and O–H groups in total. The third kappa shape index (κ3) is 3.72. The van der Waals surface area contributed by atoms with Crippen LogP contribution in [0.15, 0.2) is 27.9 Å². The van der Waals surface area contributed by atoms with Crippen LogP contribution in [0.1, 0.15) is 11.5 Å². The van der Waals surface area contributed by atoms with E-state index < -0.39 is 10.0 Å². The predicted octanol–water partition coefficient (Wildman–Crippen LogP) is 1.36. The van der Waals surface area contributed by atoms with Crippen molar-refractivity contribution < 1.29 is 12.9 Å². The molecule has 2 aromatic rings. The number of aromatic nitrogens is 2. The lowest BCUT2D eigenvalue weighted by Gasteiger charge is -2.11. The first-order chi connectivity index (χ1) is 9.95. The van der Waals surface area contributed by atoms with Gasteiger partial charge in [-0.05, 0) is 12.1 Å². The summed E-state index contributed by atoms with van der Waals surface area (Å²) in [5.41, 5.74) is 5.90. The molecule has 0 fully saturated rings. The Morgan fingerprint density at radius 1 is 1.33 bits per heavy atom. The van der Waals surface area contributed by atoms with Gasteiger partial charge in [0.15, 0.2) is 6.33 Å². The molecule has 1 aromatic heterocycles. The molecular formula is C11H12Cl2N4O3S. The van der Waals surface area contributed by atoms with Crippen molar-refractivity contribution in [1.29, 1.82) is 0 Å². The average molecular weight is 351 g/mol. The number of nitrogens with zero attached hydrogens (tertiary/aromatic N) is 2. The molecule has 0 saturated heterocycles. The summed E-state index contributed by atoms with van der Waals surface area (Å²) in [5.74, 6) is 0.336. The number of hydrogen-bond donors (Lipinski definition) is 2. The van der Waals surface area contributed by atoms with Gasteiger partial charge in [-0.3, -0.25) is 0 Å². The first-order valence-electron chi connectivity index (χ1n) is 5.88. The summed E-state index contributed by atoms with van der Waals surface area (Å²) in [6.45, 7) is 0.143. The summed E-state index contributed by atoms with van der Waals surface area (Å²) in [6, 6.07) is 2.78. The quantitative estimate of drug-likeness (QED) is 0.813. The summed E-state index contributed by atoms with van der Waals surface area (Å²) in [5, 5.41) is 3.78. The number of benzene rings is 1. The summed E-state index contributed by atoms with van der Waals surface area (Å²) in [4.78, 5) is 3.72. The molecule has 0 spiro atoms. The van der Waals surface area contributed by atoms with Crippen LogP contribution in [0.3, 0.4) is 0 Å². The zero-order valence-electron chi connectivity index (χ0n) is 10.7. The second-order valence-electron chi connectivity index (χ2n) is 4.02. The highest BCUT2D eigenvalue weighted by Gasteiger charge is 2.21. The third-order valence-electron chi connectivity index (χ3n) is 2.68. The molecular weight excluding hydrogens is 339 g/mol. The number of nitrogens with one attached hydrogen (secondary N) is 1. The zero-order chi connectivity index (χ0) is 15.5. The average Bonchev–Trinajstić information content (AvgIpc) is 2.92. The summed E-state index contributed by atoms with van der Waals surface area (Å²) >= 11 is 12.0. The maximum Gasteiger partial charge on any atom is 0.242 e. The highest BCUT2D eigenvalue weighted by atomic mass is 35.5. The van der Waals surface area contributed by atoms with Crippen molar-refractivity contribution in [3.63, 3.8) is 0 Å². The van der Waals surface area contributed by atoms with E-state index in [1.165, 1.54) is 18.5 Å². The molecule has 7 nitrogen and oxygen atoms in total. The third-order valence-corrected chi connectivity index (χ3v) is 5.08. The van der Waals surface area contributed by atoms with Crippen molar-refractivity contribution in [2.45, 2.75) is 17.9 Å². The van der Waals surface area contributed by atoms with Gasteiger partial charge in [-0.1, -0.05) is 28.4 Å². The van der Waals surface area contributed by atoms with Gasteiger partial charge in [0.25, 0.3) is 0 Å². The topological polar surface area (TPSA) is 111 Å². The number of halogens is 2. The van der Waals surface area contributed by atoms with E-state index in [0.29, 0.717) is 16.5 Å². The second-order valence-corrected chi connectivity index (χ2v) is 6.55. The fraction of sp³-hybridized carbons (Fsp3) is 0.273. The predicted molar refractivity (Wildman–Crippen MR) is 77.5 cm³/mol. The molecule has 0 aliphatic heterocycles. The largest absolute Gasteiger partial charge is 0.340 e. The van der Waals surface area contributed by atoms with Crippen LogP contribution in [-0.2, 0) is 23.0 Å². The van der Waals surface area contributed by atoms with E-state index in [1.54, 1.807) is 0 Å². The molecule has 114 valence electrons. The number of hydrogen-bond acceptors (Lipinski definition) is 6. The Bertz CT molecular complexity index is 719. The Morgan fingerprint density at radius 3 is 2.71 bits per heavy atom. The molecule has 0 amide bonds. The minimum absolute atomic E-state index is 0.0234.